The van der Waals surface area contributed by atoms with E-state index >= 15 is 0 Å². The zero-order valence-electron chi connectivity index (χ0n) is 8.97. The Bertz CT molecular complexity index is 293. The van der Waals surface area contributed by atoms with Crippen molar-refractivity contribution in [1.29, 1.82) is 0 Å². The minimum absolute atomic E-state index is 0.145. The zero-order valence-corrected chi connectivity index (χ0v) is 11.1. The van der Waals surface area contributed by atoms with E-state index in [1.54, 1.807) is 0 Å². The van der Waals surface area contributed by atoms with Crippen molar-refractivity contribution in [2.45, 2.75) is 39.7 Å². The first kappa shape index (κ1) is 12.0. The summed E-state index contributed by atoms with van der Waals surface area (Å²) in [4.78, 5) is 0. The van der Waals surface area contributed by atoms with Crippen molar-refractivity contribution in [3.63, 3.8) is 0 Å². The van der Waals surface area contributed by atoms with Crippen LogP contribution in [0.4, 0.5) is 0 Å². The average Bonchev–Trinajstić information content (AvgIpc) is 2.17. The average molecular weight is 304 g/mol. The molecular weight excluding hydrogens is 287 g/mol. The minimum Gasteiger partial charge on any atom is -0.392 e. The van der Waals surface area contributed by atoms with Crippen LogP contribution >= 0.6 is 22.6 Å². The summed E-state index contributed by atoms with van der Waals surface area (Å²) in [5.74, 6) is 0.530. The van der Waals surface area contributed by atoms with Crippen LogP contribution in [0.2, 0.25) is 0 Å². The Hall–Kier alpha value is -0.0900. The fourth-order valence-electron chi connectivity index (χ4n) is 1.48. The summed E-state index contributed by atoms with van der Waals surface area (Å²) < 4.78 is 1.22. The number of aryl methyl sites for hydroxylation is 1. The van der Waals surface area contributed by atoms with Gasteiger partial charge >= 0.3 is 0 Å². The molecule has 0 amide bonds. The van der Waals surface area contributed by atoms with E-state index in [-0.39, 0.29) is 6.61 Å². The second-order valence-electron chi connectivity index (χ2n) is 3.82. The summed E-state index contributed by atoms with van der Waals surface area (Å²) in [6.45, 7) is 6.67. The van der Waals surface area contributed by atoms with Crippen LogP contribution in [-0.4, -0.2) is 5.11 Å². The van der Waals surface area contributed by atoms with Gasteiger partial charge in [-0.2, -0.15) is 0 Å². The highest BCUT2D eigenvalue weighted by Gasteiger charge is 2.08. The standard InChI is InChI=1S/C12H17IO/c1-4-9-5-10(8(2)3)6-11(7-14)12(9)13/h5-6,8,14H,4,7H2,1-3H3. The number of hydrogen-bond acceptors (Lipinski definition) is 1. The molecule has 0 unspecified atom stereocenters. The summed E-state index contributed by atoms with van der Waals surface area (Å²) >= 11 is 2.32. The monoisotopic (exact) mass is 304 g/mol. The Morgan fingerprint density at radius 1 is 1.29 bits per heavy atom. The maximum absolute atomic E-state index is 9.24. The molecule has 1 aromatic carbocycles. The van der Waals surface area contributed by atoms with Crippen molar-refractivity contribution in [2.75, 3.05) is 0 Å². The summed E-state index contributed by atoms with van der Waals surface area (Å²) in [5, 5.41) is 9.24. The molecule has 0 aliphatic carbocycles. The second-order valence-corrected chi connectivity index (χ2v) is 4.90. The molecule has 1 aromatic rings. The van der Waals surface area contributed by atoms with Crippen LogP contribution in [0.15, 0.2) is 12.1 Å². The molecule has 2 heteroatoms. The van der Waals surface area contributed by atoms with Gasteiger partial charge in [0, 0.05) is 3.57 Å². The Kier molecular flexibility index (Phi) is 4.38. The van der Waals surface area contributed by atoms with Crippen molar-refractivity contribution < 1.29 is 5.11 Å². The number of benzene rings is 1. The lowest BCUT2D eigenvalue weighted by Crippen LogP contribution is -1.99. The molecular formula is C12H17IO. The highest BCUT2D eigenvalue weighted by molar-refractivity contribution is 14.1. The Labute approximate surface area is 99.7 Å². The van der Waals surface area contributed by atoms with Crippen molar-refractivity contribution in [3.8, 4) is 0 Å². The predicted molar refractivity (Wildman–Crippen MR) is 68.5 cm³/mol. The minimum atomic E-state index is 0.145. The number of aliphatic hydroxyl groups is 1. The van der Waals surface area contributed by atoms with E-state index in [9.17, 15) is 5.11 Å². The first-order valence-corrected chi connectivity index (χ1v) is 6.10. The van der Waals surface area contributed by atoms with Gasteiger partial charge in [-0.3, -0.25) is 0 Å². The molecule has 0 fully saturated rings. The maximum atomic E-state index is 9.24. The van der Waals surface area contributed by atoms with Crippen molar-refractivity contribution >= 4 is 22.6 Å². The van der Waals surface area contributed by atoms with E-state index in [0.717, 1.165) is 12.0 Å². The summed E-state index contributed by atoms with van der Waals surface area (Å²) in [5.41, 5.74) is 3.74. The lowest BCUT2D eigenvalue weighted by Gasteiger charge is -2.13. The van der Waals surface area contributed by atoms with Crippen molar-refractivity contribution in [2.24, 2.45) is 0 Å². The molecule has 0 bridgehead atoms. The van der Waals surface area contributed by atoms with Crippen LogP contribution in [0, 0.1) is 3.57 Å². The van der Waals surface area contributed by atoms with Crippen molar-refractivity contribution in [3.05, 3.63) is 32.4 Å². The van der Waals surface area contributed by atoms with Gasteiger partial charge in [0.1, 0.15) is 0 Å². The molecule has 0 saturated carbocycles. The highest BCUT2D eigenvalue weighted by atomic mass is 127. The lowest BCUT2D eigenvalue weighted by atomic mass is 9.97. The largest absolute Gasteiger partial charge is 0.392 e. The molecule has 0 heterocycles. The third-order valence-electron chi connectivity index (χ3n) is 2.46. The molecule has 1 nitrogen and oxygen atoms in total. The van der Waals surface area contributed by atoms with E-state index in [4.69, 9.17) is 0 Å². The van der Waals surface area contributed by atoms with Crippen LogP contribution in [0.3, 0.4) is 0 Å². The van der Waals surface area contributed by atoms with E-state index in [1.807, 2.05) is 0 Å². The van der Waals surface area contributed by atoms with E-state index in [2.05, 4.69) is 55.5 Å². The number of halogens is 1. The van der Waals surface area contributed by atoms with E-state index in [1.165, 1.54) is 14.7 Å². The van der Waals surface area contributed by atoms with Gasteiger partial charge in [-0.1, -0.05) is 32.9 Å². The first-order chi connectivity index (χ1) is 6.60. The normalized spacial score (nSPS) is 11.0. The quantitative estimate of drug-likeness (QED) is 0.848. The summed E-state index contributed by atoms with van der Waals surface area (Å²) in [6, 6.07) is 4.37. The number of aliphatic hydroxyl groups excluding tert-OH is 1. The molecule has 0 aliphatic heterocycles. The molecule has 0 aromatic heterocycles. The first-order valence-electron chi connectivity index (χ1n) is 5.02. The van der Waals surface area contributed by atoms with Gasteiger partial charge in [-0.05, 0) is 51.6 Å². The van der Waals surface area contributed by atoms with Gasteiger partial charge in [-0.15, -0.1) is 0 Å². The van der Waals surface area contributed by atoms with Crippen LogP contribution in [0.25, 0.3) is 0 Å². The van der Waals surface area contributed by atoms with E-state index < -0.39 is 0 Å². The van der Waals surface area contributed by atoms with Gasteiger partial charge in [0.15, 0.2) is 0 Å². The fraction of sp³-hybridized carbons (Fsp3) is 0.500. The molecule has 78 valence electrons. The SMILES string of the molecule is CCc1cc(C(C)C)cc(CO)c1I. The lowest BCUT2D eigenvalue weighted by molar-refractivity contribution is 0.280. The molecule has 14 heavy (non-hydrogen) atoms. The van der Waals surface area contributed by atoms with E-state index in [0.29, 0.717) is 5.92 Å². The highest BCUT2D eigenvalue weighted by Crippen LogP contribution is 2.24. The van der Waals surface area contributed by atoms with Gasteiger partial charge < -0.3 is 5.11 Å². The molecule has 0 radical (unpaired) electrons. The third kappa shape index (κ3) is 2.48. The van der Waals surface area contributed by atoms with Crippen LogP contribution in [0.5, 0.6) is 0 Å². The molecule has 1 N–H and O–H groups in total. The Balaban J connectivity index is 3.25. The summed E-state index contributed by atoms with van der Waals surface area (Å²) in [6.07, 6.45) is 1.03. The van der Waals surface area contributed by atoms with Gasteiger partial charge in [0.2, 0.25) is 0 Å². The Morgan fingerprint density at radius 2 is 1.86 bits per heavy atom. The zero-order chi connectivity index (χ0) is 10.7. The molecule has 0 saturated heterocycles. The molecule has 0 aliphatic rings. The maximum Gasteiger partial charge on any atom is 0.0692 e. The van der Waals surface area contributed by atoms with Crippen molar-refractivity contribution in [1.82, 2.24) is 0 Å². The fourth-order valence-corrected chi connectivity index (χ4v) is 2.35. The van der Waals surface area contributed by atoms with Gasteiger partial charge in [0.25, 0.3) is 0 Å². The number of rotatable bonds is 3. The predicted octanol–water partition coefficient (Wildman–Crippen LogP) is 3.47. The molecule has 0 spiro atoms. The van der Waals surface area contributed by atoms with Gasteiger partial charge in [-0.25, -0.2) is 0 Å². The topological polar surface area (TPSA) is 20.2 Å². The van der Waals surface area contributed by atoms with Gasteiger partial charge in [0.05, 0.1) is 6.61 Å². The second kappa shape index (κ2) is 5.12. The summed E-state index contributed by atoms with van der Waals surface area (Å²) in [7, 11) is 0. The third-order valence-corrected chi connectivity index (χ3v) is 3.85. The Morgan fingerprint density at radius 3 is 2.29 bits per heavy atom. The van der Waals surface area contributed by atoms with Crippen LogP contribution < -0.4 is 0 Å². The van der Waals surface area contributed by atoms with Crippen LogP contribution in [-0.2, 0) is 13.0 Å². The molecule has 0 atom stereocenters. The smallest absolute Gasteiger partial charge is 0.0692 e. The number of hydrogen-bond donors (Lipinski definition) is 1. The molecule has 1 rings (SSSR count). The van der Waals surface area contributed by atoms with Crippen LogP contribution in [0.1, 0.15) is 43.4 Å².